The van der Waals surface area contributed by atoms with Gasteiger partial charge in [0.05, 0.1) is 0 Å². The molecule has 98 valence electrons. The van der Waals surface area contributed by atoms with Crippen LogP contribution < -0.4 is 10.1 Å². The van der Waals surface area contributed by atoms with Crippen LogP contribution in [0.1, 0.15) is 37.8 Å². The van der Waals surface area contributed by atoms with Crippen LogP contribution in [0.2, 0.25) is 0 Å². The van der Waals surface area contributed by atoms with Crippen LogP contribution >= 0.6 is 0 Å². The maximum Gasteiger partial charge on any atom is 0.308 e. The topological polar surface area (TPSA) is 38.3 Å². The van der Waals surface area contributed by atoms with Crippen molar-refractivity contribution in [2.45, 2.75) is 45.6 Å². The van der Waals surface area contributed by atoms with Crippen LogP contribution in [0, 0.1) is 0 Å². The van der Waals surface area contributed by atoms with E-state index in [9.17, 15) is 4.79 Å². The first-order valence-electron chi connectivity index (χ1n) is 6.73. The predicted molar refractivity (Wildman–Crippen MR) is 71.9 cm³/mol. The lowest BCUT2D eigenvalue weighted by Gasteiger charge is -2.26. The van der Waals surface area contributed by atoms with Crippen molar-refractivity contribution in [3.8, 4) is 5.75 Å². The summed E-state index contributed by atoms with van der Waals surface area (Å²) in [5.41, 5.74) is 2.52. The molecule has 0 saturated heterocycles. The van der Waals surface area contributed by atoms with E-state index in [0.717, 1.165) is 38.0 Å². The first-order valence-corrected chi connectivity index (χ1v) is 6.73. The molecule has 1 atom stereocenters. The fraction of sp³-hybridized carbons (Fsp3) is 0.533. The number of fused-ring (bicyclic) bond motifs is 1. The molecule has 0 saturated carbocycles. The van der Waals surface area contributed by atoms with E-state index in [2.05, 4.69) is 18.3 Å². The van der Waals surface area contributed by atoms with Crippen LogP contribution in [-0.4, -0.2) is 18.6 Å². The van der Waals surface area contributed by atoms with E-state index < -0.39 is 0 Å². The second kappa shape index (κ2) is 6.01. The SMILES string of the molecule is CCCNC1CCc2c(cccc2OC(C)=O)C1. The molecule has 1 N–H and O–H groups in total. The maximum atomic E-state index is 11.1. The van der Waals surface area contributed by atoms with Gasteiger partial charge < -0.3 is 10.1 Å². The molecule has 1 aromatic carbocycles. The standard InChI is InChI=1S/C15H21NO2/c1-3-9-16-13-7-8-14-12(10-13)5-4-6-15(14)18-11(2)17/h4-6,13,16H,3,7-10H2,1-2H3. The number of rotatable bonds is 4. The maximum absolute atomic E-state index is 11.1. The average Bonchev–Trinajstić information content (AvgIpc) is 2.35. The van der Waals surface area contributed by atoms with E-state index in [1.807, 2.05) is 12.1 Å². The average molecular weight is 247 g/mol. The third-order valence-corrected chi connectivity index (χ3v) is 3.38. The van der Waals surface area contributed by atoms with Gasteiger partial charge in [-0.2, -0.15) is 0 Å². The van der Waals surface area contributed by atoms with Crippen molar-refractivity contribution in [1.82, 2.24) is 5.32 Å². The fourth-order valence-electron chi connectivity index (χ4n) is 2.55. The highest BCUT2D eigenvalue weighted by Crippen LogP contribution is 2.29. The molecule has 0 aromatic heterocycles. The number of benzene rings is 1. The Labute approximate surface area is 109 Å². The second-order valence-corrected chi connectivity index (χ2v) is 4.88. The summed E-state index contributed by atoms with van der Waals surface area (Å²) in [5.74, 6) is 0.503. The van der Waals surface area contributed by atoms with Crippen LogP contribution in [0.4, 0.5) is 0 Å². The molecule has 0 fully saturated rings. The Hall–Kier alpha value is -1.35. The van der Waals surface area contributed by atoms with Crippen molar-refractivity contribution in [3.05, 3.63) is 29.3 Å². The molecule has 0 heterocycles. The normalized spacial score (nSPS) is 18.2. The third kappa shape index (κ3) is 3.10. The Morgan fingerprint density at radius 2 is 2.33 bits per heavy atom. The highest BCUT2D eigenvalue weighted by atomic mass is 16.5. The predicted octanol–water partition coefficient (Wildman–Crippen LogP) is 2.47. The van der Waals surface area contributed by atoms with Gasteiger partial charge in [-0.25, -0.2) is 0 Å². The molecular weight excluding hydrogens is 226 g/mol. The molecule has 0 bridgehead atoms. The summed E-state index contributed by atoms with van der Waals surface area (Å²) >= 11 is 0. The van der Waals surface area contributed by atoms with Crippen molar-refractivity contribution in [2.24, 2.45) is 0 Å². The molecular formula is C15H21NO2. The molecule has 3 heteroatoms. The Kier molecular flexibility index (Phi) is 4.37. The Morgan fingerprint density at radius 3 is 3.06 bits per heavy atom. The molecule has 0 spiro atoms. The number of hydrogen-bond acceptors (Lipinski definition) is 3. The summed E-state index contributed by atoms with van der Waals surface area (Å²) < 4.78 is 5.27. The Bertz CT molecular complexity index is 429. The molecule has 0 radical (unpaired) electrons. The zero-order valence-corrected chi connectivity index (χ0v) is 11.2. The second-order valence-electron chi connectivity index (χ2n) is 4.88. The zero-order valence-electron chi connectivity index (χ0n) is 11.2. The molecule has 1 aliphatic rings. The lowest BCUT2D eigenvalue weighted by atomic mass is 9.87. The molecule has 18 heavy (non-hydrogen) atoms. The van der Waals surface area contributed by atoms with Gasteiger partial charge in [0.25, 0.3) is 0 Å². The van der Waals surface area contributed by atoms with Crippen LogP contribution in [0.25, 0.3) is 0 Å². The third-order valence-electron chi connectivity index (χ3n) is 3.38. The van der Waals surface area contributed by atoms with Crippen LogP contribution in [-0.2, 0) is 17.6 Å². The molecule has 1 aliphatic carbocycles. The summed E-state index contributed by atoms with van der Waals surface area (Å²) in [4.78, 5) is 11.1. The fourth-order valence-corrected chi connectivity index (χ4v) is 2.55. The van der Waals surface area contributed by atoms with Crippen LogP contribution in [0.3, 0.4) is 0 Å². The number of ether oxygens (including phenoxy) is 1. The zero-order chi connectivity index (χ0) is 13.0. The first-order chi connectivity index (χ1) is 8.70. The molecule has 1 aromatic rings. The summed E-state index contributed by atoms with van der Waals surface area (Å²) in [7, 11) is 0. The van der Waals surface area contributed by atoms with E-state index in [0.29, 0.717) is 6.04 Å². The minimum Gasteiger partial charge on any atom is -0.426 e. The monoisotopic (exact) mass is 247 g/mol. The van der Waals surface area contributed by atoms with E-state index in [4.69, 9.17) is 4.74 Å². The van der Waals surface area contributed by atoms with E-state index >= 15 is 0 Å². The Morgan fingerprint density at radius 1 is 1.50 bits per heavy atom. The molecule has 0 amide bonds. The van der Waals surface area contributed by atoms with Crippen LogP contribution in [0.5, 0.6) is 5.75 Å². The lowest BCUT2D eigenvalue weighted by Crippen LogP contribution is -2.35. The van der Waals surface area contributed by atoms with Gasteiger partial charge in [0, 0.05) is 13.0 Å². The quantitative estimate of drug-likeness (QED) is 0.656. The summed E-state index contributed by atoms with van der Waals surface area (Å²) in [6.07, 6.45) is 4.30. The smallest absolute Gasteiger partial charge is 0.308 e. The molecule has 3 nitrogen and oxygen atoms in total. The van der Waals surface area contributed by atoms with Crippen molar-refractivity contribution >= 4 is 5.97 Å². The molecule has 2 rings (SSSR count). The van der Waals surface area contributed by atoms with Gasteiger partial charge in [-0.15, -0.1) is 0 Å². The van der Waals surface area contributed by atoms with Crippen molar-refractivity contribution < 1.29 is 9.53 Å². The largest absolute Gasteiger partial charge is 0.426 e. The minimum atomic E-state index is -0.241. The lowest BCUT2D eigenvalue weighted by molar-refractivity contribution is -0.131. The summed E-state index contributed by atoms with van der Waals surface area (Å²) in [6, 6.07) is 6.56. The van der Waals surface area contributed by atoms with Crippen molar-refractivity contribution in [1.29, 1.82) is 0 Å². The van der Waals surface area contributed by atoms with Gasteiger partial charge in [0.1, 0.15) is 5.75 Å². The Balaban J connectivity index is 2.11. The van der Waals surface area contributed by atoms with E-state index in [1.165, 1.54) is 18.1 Å². The van der Waals surface area contributed by atoms with E-state index in [-0.39, 0.29) is 5.97 Å². The van der Waals surface area contributed by atoms with Gasteiger partial charge in [-0.05, 0) is 49.4 Å². The van der Waals surface area contributed by atoms with Crippen molar-refractivity contribution in [2.75, 3.05) is 6.54 Å². The highest BCUT2D eigenvalue weighted by molar-refractivity contribution is 5.70. The number of carbonyl (C=O) groups is 1. The van der Waals surface area contributed by atoms with Gasteiger partial charge in [-0.3, -0.25) is 4.79 Å². The number of hydrogen-bond donors (Lipinski definition) is 1. The van der Waals surface area contributed by atoms with Crippen molar-refractivity contribution in [3.63, 3.8) is 0 Å². The minimum absolute atomic E-state index is 0.241. The number of carbonyl (C=O) groups excluding carboxylic acids is 1. The molecule has 1 unspecified atom stereocenters. The van der Waals surface area contributed by atoms with Gasteiger partial charge in [0.15, 0.2) is 0 Å². The first kappa shape index (κ1) is 13.1. The van der Waals surface area contributed by atoms with Gasteiger partial charge >= 0.3 is 5.97 Å². The van der Waals surface area contributed by atoms with Gasteiger partial charge in [-0.1, -0.05) is 19.1 Å². The number of esters is 1. The van der Waals surface area contributed by atoms with Crippen LogP contribution in [0.15, 0.2) is 18.2 Å². The summed E-state index contributed by atoms with van der Waals surface area (Å²) in [6.45, 7) is 4.71. The molecule has 0 aliphatic heterocycles. The highest BCUT2D eigenvalue weighted by Gasteiger charge is 2.21. The van der Waals surface area contributed by atoms with E-state index in [1.54, 1.807) is 0 Å². The van der Waals surface area contributed by atoms with Gasteiger partial charge in [0.2, 0.25) is 0 Å². The summed E-state index contributed by atoms with van der Waals surface area (Å²) in [5, 5.41) is 3.56. The number of nitrogens with one attached hydrogen (secondary N) is 1.